The highest BCUT2D eigenvalue weighted by atomic mass is 19.1. The molecular formula is C13H16FN5O. The maximum absolute atomic E-state index is 13.7. The van der Waals surface area contributed by atoms with Gasteiger partial charge >= 0.3 is 0 Å². The van der Waals surface area contributed by atoms with Crippen molar-refractivity contribution in [2.45, 2.75) is 19.9 Å². The molecule has 1 aromatic carbocycles. The largest absolute Gasteiger partial charge is 0.382 e. The lowest BCUT2D eigenvalue weighted by Gasteiger charge is -2.14. The third-order valence-electron chi connectivity index (χ3n) is 2.80. The molecule has 2 rings (SSSR count). The van der Waals surface area contributed by atoms with E-state index in [9.17, 15) is 9.18 Å². The van der Waals surface area contributed by atoms with E-state index in [2.05, 4.69) is 25.8 Å². The van der Waals surface area contributed by atoms with Crippen LogP contribution < -0.4 is 10.6 Å². The molecule has 1 heterocycles. The van der Waals surface area contributed by atoms with E-state index in [1.807, 2.05) is 6.92 Å². The van der Waals surface area contributed by atoms with Gasteiger partial charge in [-0.2, -0.15) is 5.10 Å². The number of amides is 1. The molecule has 0 saturated heterocycles. The summed E-state index contributed by atoms with van der Waals surface area (Å²) >= 11 is 0. The fourth-order valence-corrected chi connectivity index (χ4v) is 1.84. The van der Waals surface area contributed by atoms with Crippen molar-refractivity contribution in [2.75, 3.05) is 11.9 Å². The van der Waals surface area contributed by atoms with Gasteiger partial charge in [0.25, 0.3) is 5.91 Å². The van der Waals surface area contributed by atoms with E-state index >= 15 is 0 Å². The Bertz CT molecular complexity index is 584. The van der Waals surface area contributed by atoms with Gasteiger partial charge < -0.3 is 10.6 Å². The zero-order chi connectivity index (χ0) is 14.5. The average Bonchev–Trinajstić information content (AvgIpc) is 2.95. The Kier molecular flexibility index (Phi) is 4.29. The number of H-pyrrole nitrogens is 1. The van der Waals surface area contributed by atoms with Gasteiger partial charge in [0.05, 0.1) is 17.3 Å². The molecule has 0 saturated carbocycles. The van der Waals surface area contributed by atoms with Crippen molar-refractivity contribution in [3.63, 3.8) is 0 Å². The molecule has 1 aromatic heterocycles. The summed E-state index contributed by atoms with van der Waals surface area (Å²) in [5, 5.41) is 12.0. The van der Waals surface area contributed by atoms with Crippen LogP contribution in [0.25, 0.3) is 0 Å². The Hall–Kier alpha value is -2.44. The SMILES string of the molecule is CCNc1c(F)cccc1C(=O)NC(C)c1ncn[nH]1. The first-order chi connectivity index (χ1) is 9.63. The maximum Gasteiger partial charge on any atom is 0.254 e. The summed E-state index contributed by atoms with van der Waals surface area (Å²) < 4.78 is 13.7. The number of aromatic nitrogens is 3. The number of hydrogen-bond acceptors (Lipinski definition) is 4. The molecule has 3 N–H and O–H groups in total. The van der Waals surface area contributed by atoms with Crippen molar-refractivity contribution in [2.24, 2.45) is 0 Å². The summed E-state index contributed by atoms with van der Waals surface area (Å²) in [6, 6.07) is 4.05. The van der Waals surface area contributed by atoms with Crippen molar-refractivity contribution in [1.29, 1.82) is 0 Å². The topological polar surface area (TPSA) is 82.7 Å². The zero-order valence-electron chi connectivity index (χ0n) is 11.3. The van der Waals surface area contributed by atoms with Gasteiger partial charge in [-0.15, -0.1) is 0 Å². The van der Waals surface area contributed by atoms with Crippen LogP contribution in [0.1, 0.15) is 36.1 Å². The fourth-order valence-electron chi connectivity index (χ4n) is 1.84. The molecule has 0 fully saturated rings. The fraction of sp³-hybridized carbons (Fsp3) is 0.308. The quantitative estimate of drug-likeness (QED) is 0.779. The molecule has 1 atom stereocenters. The number of hydrogen-bond donors (Lipinski definition) is 3. The number of carbonyl (C=O) groups is 1. The van der Waals surface area contributed by atoms with Crippen LogP contribution in [-0.2, 0) is 0 Å². The van der Waals surface area contributed by atoms with Gasteiger partial charge in [0, 0.05) is 6.54 Å². The highest BCUT2D eigenvalue weighted by Crippen LogP contribution is 2.20. The number of para-hydroxylation sites is 1. The Morgan fingerprint density at radius 3 is 2.95 bits per heavy atom. The molecule has 7 heteroatoms. The smallest absolute Gasteiger partial charge is 0.254 e. The monoisotopic (exact) mass is 277 g/mol. The number of carbonyl (C=O) groups excluding carboxylic acids is 1. The van der Waals surface area contributed by atoms with E-state index in [0.717, 1.165) is 0 Å². The van der Waals surface area contributed by atoms with Crippen LogP contribution in [0.3, 0.4) is 0 Å². The number of halogens is 1. The second-order valence-electron chi connectivity index (χ2n) is 4.26. The third kappa shape index (κ3) is 2.93. The summed E-state index contributed by atoms with van der Waals surface area (Å²) in [5.74, 6) is -0.282. The standard InChI is InChI=1S/C13H16FN5O/c1-3-15-11-9(5-4-6-10(11)14)13(20)18-8(2)12-16-7-17-19-12/h4-8,15H,3H2,1-2H3,(H,18,20)(H,16,17,19). The summed E-state index contributed by atoms with van der Waals surface area (Å²) in [6.07, 6.45) is 1.37. The summed E-state index contributed by atoms with van der Waals surface area (Å²) in [4.78, 5) is 16.2. The number of nitrogens with zero attached hydrogens (tertiary/aromatic N) is 2. The molecule has 20 heavy (non-hydrogen) atoms. The van der Waals surface area contributed by atoms with E-state index in [-0.39, 0.29) is 23.2 Å². The highest BCUT2D eigenvalue weighted by Gasteiger charge is 2.18. The number of benzene rings is 1. The van der Waals surface area contributed by atoms with Crippen molar-refractivity contribution in [3.8, 4) is 0 Å². The first kappa shape index (κ1) is 14.0. The molecule has 1 unspecified atom stereocenters. The molecular weight excluding hydrogens is 261 g/mol. The van der Waals surface area contributed by atoms with Gasteiger partial charge in [-0.05, 0) is 26.0 Å². The van der Waals surface area contributed by atoms with E-state index < -0.39 is 5.82 Å². The molecule has 2 aromatic rings. The molecule has 0 radical (unpaired) electrons. The first-order valence-corrected chi connectivity index (χ1v) is 6.32. The van der Waals surface area contributed by atoms with Gasteiger partial charge in [0.15, 0.2) is 0 Å². The lowest BCUT2D eigenvalue weighted by molar-refractivity contribution is 0.0939. The van der Waals surface area contributed by atoms with Gasteiger partial charge in [-0.1, -0.05) is 6.07 Å². The van der Waals surface area contributed by atoms with E-state index in [1.54, 1.807) is 13.0 Å². The molecule has 106 valence electrons. The van der Waals surface area contributed by atoms with Gasteiger partial charge in [0.1, 0.15) is 18.0 Å². The molecule has 6 nitrogen and oxygen atoms in total. The highest BCUT2D eigenvalue weighted by molar-refractivity contribution is 5.99. The van der Waals surface area contributed by atoms with Crippen LogP contribution in [0.15, 0.2) is 24.5 Å². The predicted octanol–water partition coefficient (Wildman–Crippen LogP) is 1.87. The van der Waals surface area contributed by atoms with Crippen LogP contribution in [0.2, 0.25) is 0 Å². The van der Waals surface area contributed by atoms with Crippen LogP contribution in [0, 0.1) is 5.82 Å². The van der Waals surface area contributed by atoms with Crippen molar-refractivity contribution >= 4 is 11.6 Å². The molecule has 0 spiro atoms. The van der Waals surface area contributed by atoms with Gasteiger partial charge in [-0.3, -0.25) is 9.89 Å². The molecule has 0 bridgehead atoms. The van der Waals surface area contributed by atoms with Crippen molar-refractivity contribution in [3.05, 3.63) is 41.7 Å². The van der Waals surface area contributed by atoms with E-state index in [4.69, 9.17) is 0 Å². The summed E-state index contributed by atoms with van der Waals surface area (Å²) in [6.45, 7) is 4.13. The van der Waals surface area contributed by atoms with Crippen LogP contribution >= 0.6 is 0 Å². The Morgan fingerprint density at radius 1 is 1.50 bits per heavy atom. The minimum Gasteiger partial charge on any atom is -0.382 e. The van der Waals surface area contributed by atoms with E-state index in [0.29, 0.717) is 12.4 Å². The van der Waals surface area contributed by atoms with Crippen LogP contribution in [0.4, 0.5) is 10.1 Å². The lowest BCUT2D eigenvalue weighted by atomic mass is 10.1. The molecule has 0 aliphatic rings. The predicted molar refractivity (Wildman–Crippen MR) is 72.8 cm³/mol. The number of aromatic amines is 1. The van der Waals surface area contributed by atoms with Gasteiger partial charge in [0.2, 0.25) is 0 Å². The Morgan fingerprint density at radius 2 is 2.30 bits per heavy atom. The second kappa shape index (κ2) is 6.14. The minimum absolute atomic E-state index is 0.206. The molecule has 1 amide bonds. The van der Waals surface area contributed by atoms with Crippen molar-refractivity contribution < 1.29 is 9.18 Å². The third-order valence-corrected chi connectivity index (χ3v) is 2.80. The zero-order valence-corrected chi connectivity index (χ0v) is 11.3. The Balaban J connectivity index is 2.19. The second-order valence-corrected chi connectivity index (χ2v) is 4.26. The number of rotatable bonds is 5. The Labute approximate surface area is 115 Å². The van der Waals surface area contributed by atoms with Crippen LogP contribution in [-0.4, -0.2) is 27.6 Å². The maximum atomic E-state index is 13.7. The molecule has 0 aliphatic carbocycles. The normalized spacial score (nSPS) is 11.9. The van der Waals surface area contributed by atoms with E-state index in [1.165, 1.54) is 18.5 Å². The summed E-state index contributed by atoms with van der Waals surface area (Å²) in [5.41, 5.74) is 0.468. The summed E-state index contributed by atoms with van der Waals surface area (Å²) in [7, 11) is 0. The number of anilines is 1. The number of nitrogens with one attached hydrogen (secondary N) is 3. The average molecular weight is 277 g/mol. The van der Waals surface area contributed by atoms with Crippen LogP contribution in [0.5, 0.6) is 0 Å². The van der Waals surface area contributed by atoms with Crippen molar-refractivity contribution in [1.82, 2.24) is 20.5 Å². The molecule has 0 aliphatic heterocycles. The lowest BCUT2D eigenvalue weighted by Crippen LogP contribution is -2.28. The first-order valence-electron chi connectivity index (χ1n) is 6.32. The minimum atomic E-state index is -0.452. The van der Waals surface area contributed by atoms with Gasteiger partial charge in [-0.25, -0.2) is 9.37 Å².